The molecule has 0 aliphatic carbocycles. The third-order valence-electron chi connectivity index (χ3n) is 7.43. The van der Waals surface area contributed by atoms with Gasteiger partial charge in [-0.3, -0.25) is 0 Å². The monoisotopic (exact) mass is 610 g/mol. The van der Waals surface area contributed by atoms with Crippen LogP contribution in [0.25, 0.3) is 33.0 Å². The number of carbonyl (C=O) groups excluding carboxylic acids is 1. The van der Waals surface area contributed by atoms with E-state index in [2.05, 4.69) is 0 Å². The minimum absolute atomic E-state index is 0.0893. The average Bonchev–Trinajstić information content (AvgIpc) is 3.09. The van der Waals surface area contributed by atoms with Crippen molar-refractivity contribution in [2.45, 2.75) is 6.61 Å². The Bertz CT molecular complexity index is 2070. The second-order valence-electron chi connectivity index (χ2n) is 10.3. The molecule has 6 rings (SSSR count). The maximum Gasteiger partial charge on any atom is 0.344 e. The Balaban J connectivity index is 1.24. The molecule has 0 amide bonds. The number of hydrogen-bond donors (Lipinski definition) is 2. The van der Waals surface area contributed by atoms with Crippen molar-refractivity contribution in [1.29, 1.82) is 0 Å². The molecule has 2 N–H and O–H groups in total. The molecule has 0 unspecified atom stereocenters. The Morgan fingerprint density at radius 1 is 0.500 bits per heavy atom. The molecule has 6 aromatic rings. The summed E-state index contributed by atoms with van der Waals surface area (Å²) in [7, 11) is 0. The molecular weight excluding hydrogens is 584 g/mol. The van der Waals surface area contributed by atoms with Crippen LogP contribution >= 0.6 is 0 Å². The third-order valence-corrected chi connectivity index (χ3v) is 7.43. The van der Waals surface area contributed by atoms with Crippen molar-refractivity contribution in [2.24, 2.45) is 0 Å². The topological polar surface area (TPSA) is 119 Å². The predicted molar refractivity (Wildman–Crippen MR) is 172 cm³/mol. The van der Waals surface area contributed by atoms with Gasteiger partial charge >= 0.3 is 17.9 Å². The highest BCUT2D eigenvalue weighted by Gasteiger charge is 2.21. The van der Waals surface area contributed by atoms with Gasteiger partial charge in [0.25, 0.3) is 0 Å². The standard InChI is InChI=1S/C38H26O8/c39-36(40)29-17-15-26(24-9-3-1-4-10-24)21-28(29)23-44-46-35-20-19-34(30-13-7-8-14-31(30)35)45-38(43)33-22-27(16-18-32(33)37(41)42)25-11-5-2-6-12-25/h1-22H,23H2,(H,39,40)(H,41,42). The molecule has 46 heavy (non-hydrogen) atoms. The number of ether oxygens (including phenoxy) is 1. The van der Waals surface area contributed by atoms with Gasteiger partial charge in [-0.25, -0.2) is 14.4 Å². The lowest BCUT2D eigenvalue weighted by Crippen LogP contribution is -2.14. The van der Waals surface area contributed by atoms with Gasteiger partial charge in [-0.2, -0.15) is 4.89 Å². The van der Waals surface area contributed by atoms with Crippen molar-refractivity contribution in [3.8, 4) is 33.8 Å². The van der Waals surface area contributed by atoms with E-state index < -0.39 is 17.9 Å². The summed E-state index contributed by atoms with van der Waals surface area (Å²) in [6.45, 7) is -0.150. The molecule has 0 saturated heterocycles. The zero-order chi connectivity index (χ0) is 32.0. The van der Waals surface area contributed by atoms with Crippen molar-refractivity contribution < 1.29 is 39.1 Å². The summed E-state index contributed by atoms with van der Waals surface area (Å²) in [5.74, 6) is -2.67. The van der Waals surface area contributed by atoms with E-state index in [-0.39, 0.29) is 29.0 Å². The van der Waals surface area contributed by atoms with Crippen LogP contribution in [0, 0.1) is 0 Å². The van der Waals surface area contributed by atoms with Gasteiger partial charge in [-0.1, -0.05) is 97.1 Å². The molecule has 8 nitrogen and oxygen atoms in total. The molecule has 0 aliphatic rings. The highest BCUT2D eigenvalue weighted by molar-refractivity contribution is 6.05. The Hall–Kier alpha value is -6.25. The normalized spacial score (nSPS) is 10.8. The first-order chi connectivity index (χ1) is 22.4. The zero-order valence-electron chi connectivity index (χ0n) is 24.3. The molecule has 226 valence electrons. The van der Waals surface area contributed by atoms with E-state index in [1.54, 1.807) is 48.5 Å². The summed E-state index contributed by atoms with van der Waals surface area (Å²) in [4.78, 5) is 48.5. The summed E-state index contributed by atoms with van der Waals surface area (Å²) in [5, 5.41) is 20.6. The van der Waals surface area contributed by atoms with Gasteiger partial charge < -0.3 is 19.8 Å². The molecule has 0 atom stereocenters. The number of carboxylic acids is 2. The number of benzene rings is 6. The molecule has 0 heterocycles. The molecule has 0 saturated carbocycles. The van der Waals surface area contributed by atoms with Crippen molar-refractivity contribution in [3.63, 3.8) is 0 Å². The Morgan fingerprint density at radius 2 is 1.02 bits per heavy atom. The van der Waals surface area contributed by atoms with Crippen molar-refractivity contribution >= 4 is 28.7 Å². The van der Waals surface area contributed by atoms with Crippen LogP contribution in [-0.4, -0.2) is 28.1 Å². The van der Waals surface area contributed by atoms with Crippen LogP contribution in [0.5, 0.6) is 11.5 Å². The summed E-state index contributed by atoms with van der Waals surface area (Å²) in [5.41, 5.74) is 3.50. The van der Waals surface area contributed by atoms with E-state index >= 15 is 0 Å². The summed E-state index contributed by atoms with van der Waals surface area (Å²) in [6.07, 6.45) is 0. The van der Waals surface area contributed by atoms with Crippen LogP contribution in [0.2, 0.25) is 0 Å². The number of hydrogen-bond acceptors (Lipinski definition) is 6. The quantitative estimate of drug-likeness (QED) is 0.0688. The second kappa shape index (κ2) is 13.2. The fourth-order valence-electron chi connectivity index (χ4n) is 5.16. The Labute approximate surface area is 263 Å². The van der Waals surface area contributed by atoms with Gasteiger partial charge in [-0.15, -0.1) is 0 Å². The van der Waals surface area contributed by atoms with Gasteiger partial charge in [0.2, 0.25) is 0 Å². The minimum atomic E-state index is -1.25. The van der Waals surface area contributed by atoms with Crippen LogP contribution in [0.4, 0.5) is 0 Å². The fraction of sp³-hybridized carbons (Fsp3) is 0.0263. The van der Waals surface area contributed by atoms with Gasteiger partial charge in [0, 0.05) is 10.8 Å². The largest absolute Gasteiger partial charge is 0.478 e. The summed E-state index contributed by atoms with van der Waals surface area (Å²) >= 11 is 0. The molecule has 0 radical (unpaired) electrons. The molecule has 0 fully saturated rings. The lowest BCUT2D eigenvalue weighted by molar-refractivity contribution is -0.216. The molecular formula is C38H26O8. The van der Waals surface area contributed by atoms with Crippen LogP contribution in [0.1, 0.15) is 36.6 Å². The van der Waals surface area contributed by atoms with E-state index in [1.165, 1.54) is 24.3 Å². The van der Waals surface area contributed by atoms with Crippen molar-refractivity contribution in [3.05, 3.63) is 156 Å². The van der Waals surface area contributed by atoms with E-state index in [4.69, 9.17) is 14.5 Å². The molecule has 0 bridgehead atoms. The zero-order valence-corrected chi connectivity index (χ0v) is 24.3. The number of esters is 1. The molecule has 0 spiro atoms. The lowest BCUT2D eigenvalue weighted by atomic mass is 9.99. The van der Waals surface area contributed by atoms with E-state index in [0.717, 1.165) is 16.7 Å². The van der Waals surface area contributed by atoms with Crippen molar-refractivity contribution in [2.75, 3.05) is 0 Å². The van der Waals surface area contributed by atoms with E-state index in [1.807, 2.05) is 60.7 Å². The van der Waals surface area contributed by atoms with Gasteiger partial charge in [0.15, 0.2) is 5.75 Å². The van der Waals surface area contributed by atoms with Crippen LogP contribution in [-0.2, 0) is 11.5 Å². The fourth-order valence-corrected chi connectivity index (χ4v) is 5.16. The van der Waals surface area contributed by atoms with Crippen LogP contribution < -0.4 is 9.62 Å². The summed E-state index contributed by atoms with van der Waals surface area (Å²) in [6, 6.07) is 38.5. The van der Waals surface area contributed by atoms with Gasteiger partial charge in [-0.05, 0) is 64.2 Å². The van der Waals surface area contributed by atoms with E-state index in [0.29, 0.717) is 27.6 Å². The first-order valence-electron chi connectivity index (χ1n) is 14.3. The number of carboxylic acid groups (broad SMARTS) is 2. The first kappa shape index (κ1) is 29.8. The van der Waals surface area contributed by atoms with Gasteiger partial charge in [0.05, 0.1) is 16.7 Å². The molecule has 0 aromatic heterocycles. The second-order valence-corrected chi connectivity index (χ2v) is 10.3. The minimum Gasteiger partial charge on any atom is -0.478 e. The maximum atomic E-state index is 13.4. The summed E-state index contributed by atoms with van der Waals surface area (Å²) < 4.78 is 5.76. The SMILES string of the molecule is O=C(O)c1ccc(-c2ccccc2)cc1COOc1ccc(OC(=O)c2cc(-c3ccccc3)ccc2C(=O)O)c2ccccc12. The number of aromatic carboxylic acids is 2. The maximum absolute atomic E-state index is 13.4. The molecule has 8 heteroatoms. The highest BCUT2D eigenvalue weighted by Crippen LogP contribution is 2.34. The Kier molecular flexibility index (Phi) is 8.53. The average molecular weight is 611 g/mol. The number of rotatable bonds is 10. The third kappa shape index (κ3) is 6.33. The predicted octanol–water partition coefficient (Wildman–Crippen LogP) is 8.30. The smallest absolute Gasteiger partial charge is 0.344 e. The lowest BCUT2D eigenvalue weighted by Gasteiger charge is -2.14. The number of carbonyl (C=O) groups is 3. The van der Waals surface area contributed by atoms with Crippen LogP contribution in [0.3, 0.4) is 0 Å². The number of fused-ring (bicyclic) bond motifs is 1. The van der Waals surface area contributed by atoms with E-state index in [9.17, 15) is 24.6 Å². The van der Waals surface area contributed by atoms with Gasteiger partial charge in [0.1, 0.15) is 12.4 Å². The first-order valence-corrected chi connectivity index (χ1v) is 14.3. The highest BCUT2D eigenvalue weighted by atomic mass is 17.2. The van der Waals surface area contributed by atoms with Crippen LogP contribution in [0.15, 0.2) is 133 Å². The van der Waals surface area contributed by atoms with Crippen molar-refractivity contribution in [1.82, 2.24) is 0 Å². The molecule has 6 aromatic carbocycles. The molecule has 0 aliphatic heterocycles. The Morgan fingerprint density at radius 3 is 1.63 bits per heavy atom.